The molecule has 1 nitrogen and oxygen atoms in total. The van der Waals surface area contributed by atoms with Crippen molar-refractivity contribution in [1.82, 2.24) is 0 Å². The molecule has 2 aromatic carbocycles. The Labute approximate surface area is 115 Å². The van der Waals surface area contributed by atoms with E-state index in [0.29, 0.717) is 5.75 Å². The molecule has 2 rings (SSSR count). The molecular formula is C18H22O. The van der Waals surface area contributed by atoms with Crippen LogP contribution in [-0.2, 0) is 12.8 Å². The fraction of sp³-hybridized carbons (Fsp3) is 0.333. The summed E-state index contributed by atoms with van der Waals surface area (Å²) in [7, 11) is 0. The molecule has 0 aromatic heterocycles. The molecule has 1 heteroatoms. The molecule has 0 saturated carbocycles. The number of phenols is 1. The van der Waals surface area contributed by atoms with Gasteiger partial charge >= 0.3 is 0 Å². The van der Waals surface area contributed by atoms with Crippen molar-refractivity contribution in [2.75, 3.05) is 0 Å². The standard InChI is InChI=1S/C18H22O/c1-5-17-11-16(9-14(4)18(17)19)10-15-7-12(2)6-13(3)8-15/h6-9,11,19H,5,10H2,1-4H3. The van der Waals surface area contributed by atoms with Gasteiger partial charge in [0.1, 0.15) is 5.75 Å². The van der Waals surface area contributed by atoms with Crippen molar-refractivity contribution in [3.8, 4) is 5.75 Å². The fourth-order valence-electron chi connectivity index (χ4n) is 2.71. The molecule has 0 aliphatic rings. The molecular weight excluding hydrogens is 232 g/mol. The van der Waals surface area contributed by atoms with Gasteiger partial charge in [-0.25, -0.2) is 0 Å². The Morgan fingerprint density at radius 1 is 0.842 bits per heavy atom. The summed E-state index contributed by atoms with van der Waals surface area (Å²) in [6, 6.07) is 10.9. The predicted octanol–water partition coefficient (Wildman–Crippen LogP) is 4.47. The van der Waals surface area contributed by atoms with Crippen LogP contribution in [0.2, 0.25) is 0 Å². The van der Waals surface area contributed by atoms with Crippen LogP contribution < -0.4 is 0 Å². The third-order valence-corrected chi connectivity index (χ3v) is 3.51. The van der Waals surface area contributed by atoms with Gasteiger partial charge in [-0.2, -0.15) is 0 Å². The quantitative estimate of drug-likeness (QED) is 0.856. The first kappa shape index (κ1) is 13.7. The van der Waals surface area contributed by atoms with Crippen LogP contribution in [0.1, 0.15) is 40.3 Å². The van der Waals surface area contributed by atoms with E-state index in [-0.39, 0.29) is 0 Å². The summed E-state index contributed by atoms with van der Waals surface area (Å²) in [6.45, 7) is 8.32. The van der Waals surface area contributed by atoms with Gasteiger partial charge in [0.05, 0.1) is 0 Å². The molecule has 0 aliphatic heterocycles. The SMILES string of the molecule is CCc1cc(Cc2cc(C)cc(C)c2)cc(C)c1O. The highest BCUT2D eigenvalue weighted by Crippen LogP contribution is 2.26. The summed E-state index contributed by atoms with van der Waals surface area (Å²) in [5.41, 5.74) is 7.24. The first-order chi connectivity index (χ1) is 8.99. The lowest BCUT2D eigenvalue weighted by Crippen LogP contribution is -1.94. The monoisotopic (exact) mass is 254 g/mol. The molecule has 0 fully saturated rings. The van der Waals surface area contributed by atoms with Gasteiger partial charge in [0.2, 0.25) is 0 Å². The van der Waals surface area contributed by atoms with Gasteiger partial charge in [-0.1, -0.05) is 48.4 Å². The lowest BCUT2D eigenvalue weighted by molar-refractivity contribution is 0.464. The molecule has 0 saturated heterocycles. The number of hydrogen-bond donors (Lipinski definition) is 1. The van der Waals surface area contributed by atoms with Crippen molar-refractivity contribution >= 4 is 0 Å². The smallest absolute Gasteiger partial charge is 0.121 e. The summed E-state index contributed by atoms with van der Waals surface area (Å²) in [6.07, 6.45) is 1.80. The minimum Gasteiger partial charge on any atom is -0.507 e. The molecule has 0 aliphatic carbocycles. The van der Waals surface area contributed by atoms with E-state index in [1.165, 1.54) is 22.3 Å². The van der Waals surface area contributed by atoms with E-state index in [4.69, 9.17) is 0 Å². The third kappa shape index (κ3) is 3.17. The van der Waals surface area contributed by atoms with Gasteiger partial charge in [-0.05, 0) is 55.9 Å². The average molecular weight is 254 g/mol. The van der Waals surface area contributed by atoms with E-state index in [9.17, 15) is 5.11 Å². The third-order valence-electron chi connectivity index (χ3n) is 3.51. The zero-order chi connectivity index (χ0) is 14.0. The van der Waals surface area contributed by atoms with Crippen LogP contribution in [0.3, 0.4) is 0 Å². The molecule has 0 amide bonds. The first-order valence-electron chi connectivity index (χ1n) is 6.88. The highest BCUT2D eigenvalue weighted by molar-refractivity contribution is 5.44. The van der Waals surface area contributed by atoms with Crippen LogP contribution in [0, 0.1) is 20.8 Å². The minimum absolute atomic E-state index is 0.451. The molecule has 0 atom stereocenters. The summed E-state index contributed by atoms with van der Waals surface area (Å²) in [5, 5.41) is 9.98. The Hall–Kier alpha value is -1.76. The summed E-state index contributed by atoms with van der Waals surface area (Å²) < 4.78 is 0. The van der Waals surface area contributed by atoms with Crippen molar-refractivity contribution in [3.63, 3.8) is 0 Å². The molecule has 1 N–H and O–H groups in total. The number of benzene rings is 2. The maximum absolute atomic E-state index is 9.98. The molecule has 0 unspecified atom stereocenters. The van der Waals surface area contributed by atoms with Crippen LogP contribution in [0.15, 0.2) is 30.3 Å². The summed E-state index contributed by atoms with van der Waals surface area (Å²) in [5.74, 6) is 0.451. The minimum atomic E-state index is 0.451. The van der Waals surface area contributed by atoms with Crippen LogP contribution in [0.25, 0.3) is 0 Å². The largest absolute Gasteiger partial charge is 0.507 e. The van der Waals surface area contributed by atoms with Crippen molar-refractivity contribution in [2.24, 2.45) is 0 Å². The average Bonchev–Trinajstić information content (AvgIpc) is 2.32. The second-order valence-corrected chi connectivity index (χ2v) is 5.45. The number of aromatic hydroxyl groups is 1. The van der Waals surface area contributed by atoms with Gasteiger partial charge < -0.3 is 5.11 Å². The summed E-state index contributed by atoms with van der Waals surface area (Å²) in [4.78, 5) is 0. The molecule has 2 aromatic rings. The van der Waals surface area contributed by atoms with Crippen molar-refractivity contribution in [3.05, 3.63) is 63.7 Å². The van der Waals surface area contributed by atoms with Crippen LogP contribution in [0.4, 0.5) is 0 Å². The van der Waals surface area contributed by atoms with E-state index in [2.05, 4.69) is 51.1 Å². The van der Waals surface area contributed by atoms with E-state index in [1.54, 1.807) is 0 Å². The number of hydrogen-bond acceptors (Lipinski definition) is 1. The molecule has 0 bridgehead atoms. The van der Waals surface area contributed by atoms with E-state index >= 15 is 0 Å². The fourth-order valence-corrected chi connectivity index (χ4v) is 2.71. The maximum Gasteiger partial charge on any atom is 0.121 e. The zero-order valence-corrected chi connectivity index (χ0v) is 12.2. The van der Waals surface area contributed by atoms with Gasteiger partial charge in [-0.15, -0.1) is 0 Å². The Kier molecular flexibility index (Phi) is 3.94. The Bertz CT molecular complexity index is 577. The van der Waals surface area contributed by atoms with Gasteiger partial charge in [0, 0.05) is 0 Å². The topological polar surface area (TPSA) is 20.2 Å². The molecule has 19 heavy (non-hydrogen) atoms. The maximum atomic E-state index is 9.98. The molecule has 0 heterocycles. The van der Waals surface area contributed by atoms with Gasteiger partial charge in [0.15, 0.2) is 0 Å². The van der Waals surface area contributed by atoms with E-state index in [1.807, 2.05) is 6.92 Å². The second kappa shape index (κ2) is 5.48. The normalized spacial score (nSPS) is 10.7. The summed E-state index contributed by atoms with van der Waals surface area (Å²) >= 11 is 0. The highest BCUT2D eigenvalue weighted by atomic mass is 16.3. The number of phenolic OH excluding ortho intramolecular Hbond substituents is 1. The molecule has 100 valence electrons. The van der Waals surface area contributed by atoms with E-state index < -0.39 is 0 Å². The first-order valence-corrected chi connectivity index (χ1v) is 6.88. The lowest BCUT2D eigenvalue weighted by atomic mass is 9.96. The van der Waals surface area contributed by atoms with Crippen LogP contribution >= 0.6 is 0 Å². The lowest BCUT2D eigenvalue weighted by Gasteiger charge is -2.10. The van der Waals surface area contributed by atoms with Crippen molar-refractivity contribution in [2.45, 2.75) is 40.5 Å². The Morgan fingerprint density at radius 2 is 1.42 bits per heavy atom. The van der Waals surface area contributed by atoms with E-state index in [0.717, 1.165) is 24.0 Å². The number of rotatable bonds is 3. The van der Waals surface area contributed by atoms with Gasteiger partial charge in [-0.3, -0.25) is 0 Å². The Balaban J connectivity index is 2.35. The van der Waals surface area contributed by atoms with Crippen LogP contribution in [-0.4, -0.2) is 5.11 Å². The highest BCUT2D eigenvalue weighted by Gasteiger charge is 2.06. The zero-order valence-electron chi connectivity index (χ0n) is 12.2. The second-order valence-electron chi connectivity index (χ2n) is 5.45. The molecule has 0 spiro atoms. The molecule has 0 radical (unpaired) electrons. The van der Waals surface area contributed by atoms with Crippen molar-refractivity contribution < 1.29 is 5.11 Å². The predicted molar refractivity (Wildman–Crippen MR) is 80.9 cm³/mol. The van der Waals surface area contributed by atoms with Gasteiger partial charge in [0.25, 0.3) is 0 Å². The number of aryl methyl sites for hydroxylation is 4. The van der Waals surface area contributed by atoms with Crippen LogP contribution in [0.5, 0.6) is 5.75 Å². The van der Waals surface area contributed by atoms with Crippen molar-refractivity contribution in [1.29, 1.82) is 0 Å². The Morgan fingerprint density at radius 3 is 2.00 bits per heavy atom.